The summed E-state index contributed by atoms with van der Waals surface area (Å²) >= 11 is 1.53. The molecule has 8 heteroatoms. The summed E-state index contributed by atoms with van der Waals surface area (Å²) in [5.74, 6) is 0.123. The van der Waals surface area contributed by atoms with Crippen LogP contribution in [0, 0.1) is 12.8 Å². The number of nitrogens with zero attached hydrogens (tertiary/aromatic N) is 2. The van der Waals surface area contributed by atoms with Crippen molar-refractivity contribution in [3.05, 3.63) is 34.2 Å². The second-order valence-corrected chi connectivity index (χ2v) is 8.58. The predicted octanol–water partition coefficient (Wildman–Crippen LogP) is 2.06. The van der Waals surface area contributed by atoms with Gasteiger partial charge in [-0.15, -0.1) is 11.3 Å². The summed E-state index contributed by atoms with van der Waals surface area (Å²) in [5.41, 5.74) is 0.680. The highest BCUT2D eigenvalue weighted by molar-refractivity contribution is 7.89. The number of thiophene rings is 1. The maximum atomic E-state index is 12.8. The van der Waals surface area contributed by atoms with Gasteiger partial charge >= 0.3 is 0 Å². The summed E-state index contributed by atoms with van der Waals surface area (Å²) in [6.07, 6.45) is 0.921. The van der Waals surface area contributed by atoms with E-state index in [1.165, 1.54) is 16.0 Å². The summed E-state index contributed by atoms with van der Waals surface area (Å²) in [5, 5.41) is 15.9. The summed E-state index contributed by atoms with van der Waals surface area (Å²) < 4.78 is 30.0. The highest BCUT2D eigenvalue weighted by Crippen LogP contribution is 2.40. The first kappa shape index (κ1) is 16.6. The molecule has 1 aliphatic rings. The molecule has 0 bridgehead atoms. The Morgan fingerprint density at radius 2 is 2.26 bits per heavy atom. The summed E-state index contributed by atoms with van der Waals surface area (Å²) in [6, 6.07) is 5.14. The van der Waals surface area contributed by atoms with E-state index in [-0.39, 0.29) is 23.1 Å². The molecular formula is C15H21N3O3S2. The second kappa shape index (κ2) is 6.35. The molecule has 1 aliphatic carbocycles. The normalized spacial score (nSPS) is 22.7. The van der Waals surface area contributed by atoms with Gasteiger partial charge in [0.1, 0.15) is 0 Å². The van der Waals surface area contributed by atoms with Gasteiger partial charge < -0.3 is 5.11 Å². The largest absolute Gasteiger partial charge is 0.393 e. The third kappa shape index (κ3) is 3.35. The summed E-state index contributed by atoms with van der Waals surface area (Å²) in [6.45, 7) is 4.14. The van der Waals surface area contributed by atoms with E-state index in [1.54, 1.807) is 13.0 Å². The van der Waals surface area contributed by atoms with Gasteiger partial charge in [-0.25, -0.2) is 13.1 Å². The van der Waals surface area contributed by atoms with Crippen molar-refractivity contribution < 1.29 is 13.5 Å². The minimum absolute atomic E-state index is 0.123. The van der Waals surface area contributed by atoms with Gasteiger partial charge in [-0.05, 0) is 50.1 Å². The molecular weight excluding hydrogens is 334 g/mol. The Kier molecular flexibility index (Phi) is 4.59. The van der Waals surface area contributed by atoms with Crippen molar-refractivity contribution in [2.24, 2.45) is 5.92 Å². The molecule has 0 amide bonds. The monoisotopic (exact) mass is 355 g/mol. The predicted molar refractivity (Wildman–Crippen MR) is 88.8 cm³/mol. The number of aryl methyl sites for hydroxylation is 2. The molecule has 2 N–H and O–H groups in total. The minimum atomic E-state index is -3.67. The van der Waals surface area contributed by atoms with Gasteiger partial charge in [-0.1, -0.05) is 6.07 Å². The number of hydrogen-bond donors (Lipinski definition) is 2. The highest BCUT2D eigenvalue weighted by atomic mass is 32.2. The van der Waals surface area contributed by atoms with Crippen LogP contribution in [0.4, 0.5) is 0 Å². The topological polar surface area (TPSA) is 84.2 Å². The van der Waals surface area contributed by atoms with Crippen LogP contribution in [0.3, 0.4) is 0 Å². The first-order valence-corrected chi connectivity index (χ1v) is 10.0. The van der Waals surface area contributed by atoms with Crippen LogP contribution < -0.4 is 4.72 Å². The lowest BCUT2D eigenvalue weighted by molar-refractivity contribution is 0.0285. The minimum Gasteiger partial charge on any atom is -0.393 e. The van der Waals surface area contributed by atoms with E-state index in [0.29, 0.717) is 25.1 Å². The lowest BCUT2D eigenvalue weighted by Gasteiger charge is -2.37. The van der Waals surface area contributed by atoms with Crippen molar-refractivity contribution in [3.63, 3.8) is 0 Å². The van der Waals surface area contributed by atoms with E-state index in [4.69, 9.17) is 0 Å². The third-order valence-electron chi connectivity index (χ3n) is 4.19. The van der Waals surface area contributed by atoms with Crippen molar-refractivity contribution in [2.75, 3.05) is 0 Å². The van der Waals surface area contributed by atoms with Crippen LogP contribution in [0.1, 0.15) is 36.4 Å². The number of rotatable bonds is 6. The Morgan fingerprint density at radius 3 is 2.83 bits per heavy atom. The zero-order valence-electron chi connectivity index (χ0n) is 13.1. The number of nitrogens with one attached hydrogen (secondary N) is 1. The molecule has 6 nitrogen and oxygen atoms in total. The Morgan fingerprint density at radius 1 is 1.52 bits per heavy atom. The summed E-state index contributed by atoms with van der Waals surface area (Å²) in [4.78, 5) is 0.977. The molecule has 2 aromatic heterocycles. The van der Waals surface area contributed by atoms with E-state index < -0.39 is 10.0 Å². The van der Waals surface area contributed by atoms with Gasteiger partial charge in [0.2, 0.25) is 0 Å². The molecule has 2 aromatic rings. The fourth-order valence-electron chi connectivity index (χ4n) is 2.95. The molecule has 0 spiro atoms. The number of aliphatic hydroxyl groups excluding tert-OH is 1. The van der Waals surface area contributed by atoms with E-state index in [1.807, 2.05) is 24.4 Å². The van der Waals surface area contributed by atoms with Crippen molar-refractivity contribution >= 4 is 21.4 Å². The maximum absolute atomic E-state index is 12.8. The van der Waals surface area contributed by atoms with Crippen LogP contribution in [-0.2, 0) is 16.6 Å². The van der Waals surface area contributed by atoms with E-state index in [9.17, 15) is 13.5 Å². The second-order valence-electron chi connectivity index (χ2n) is 5.94. The van der Waals surface area contributed by atoms with Crippen molar-refractivity contribution in [2.45, 2.75) is 50.4 Å². The van der Waals surface area contributed by atoms with Crippen LogP contribution >= 0.6 is 11.3 Å². The van der Waals surface area contributed by atoms with Gasteiger partial charge in [-0.2, -0.15) is 5.10 Å². The quantitative estimate of drug-likeness (QED) is 0.831. The van der Waals surface area contributed by atoms with Crippen LogP contribution in [0.15, 0.2) is 28.6 Å². The zero-order chi connectivity index (χ0) is 16.6. The van der Waals surface area contributed by atoms with E-state index in [2.05, 4.69) is 9.82 Å². The van der Waals surface area contributed by atoms with Crippen molar-refractivity contribution in [3.8, 4) is 0 Å². The molecule has 1 atom stereocenters. The highest BCUT2D eigenvalue weighted by Gasteiger charge is 2.38. The van der Waals surface area contributed by atoms with Crippen LogP contribution in [-0.4, -0.2) is 29.4 Å². The summed E-state index contributed by atoms with van der Waals surface area (Å²) in [7, 11) is -3.67. The molecule has 126 valence electrons. The average molecular weight is 355 g/mol. The third-order valence-corrected chi connectivity index (χ3v) is 6.59. The van der Waals surface area contributed by atoms with Gasteiger partial charge in [-0.3, -0.25) is 4.68 Å². The lowest BCUT2D eigenvalue weighted by Crippen LogP contribution is -2.41. The van der Waals surface area contributed by atoms with E-state index in [0.717, 1.165) is 4.88 Å². The number of aromatic nitrogens is 2. The molecule has 23 heavy (non-hydrogen) atoms. The standard InChI is InChI=1S/C15H21N3O3S2/c1-3-18-14(7-10(2)16-18)23(20,21)17-15(11-8-12(19)9-11)13-5-4-6-22-13/h4-7,11-12,15,17,19H,3,8-9H2,1-2H3/t11?,12?,15-/m1/s1. The van der Waals surface area contributed by atoms with Crippen LogP contribution in [0.25, 0.3) is 0 Å². The van der Waals surface area contributed by atoms with Gasteiger partial charge in [0, 0.05) is 11.4 Å². The molecule has 0 aliphatic heterocycles. The van der Waals surface area contributed by atoms with Crippen LogP contribution in [0.5, 0.6) is 0 Å². The Bertz CT molecular complexity index is 762. The molecule has 0 radical (unpaired) electrons. The molecule has 2 heterocycles. The molecule has 0 aromatic carbocycles. The van der Waals surface area contributed by atoms with Gasteiger partial charge in [0.05, 0.1) is 17.8 Å². The van der Waals surface area contributed by atoms with E-state index >= 15 is 0 Å². The fraction of sp³-hybridized carbons (Fsp3) is 0.533. The SMILES string of the molecule is CCn1nc(C)cc1S(=O)(=O)N[C@@H](c1cccs1)C1CC(O)C1. The Hall–Kier alpha value is -1.22. The van der Waals surface area contributed by atoms with Crippen molar-refractivity contribution in [1.82, 2.24) is 14.5 Å². The Labute approximate surface area is 140 Å². The smallest absolute Gasteiger partial charge is 0.258 e. The van der Waals surface area contributed by atoms with Gasteiger partial charge in [0.15, 0.2) is 5.03 Å². The number of aliphatic hydroxyl groups is 1. The molecule has 1 saturated carbocycles. The molecule has 3 rings (SSSR count). The first-order valence-electron chi connectivity index (χ1n) is 7.69. The number of hydrogen-bond acceptors (Lipinski definition) is 5. The average Bonchev–Trinajstić information content (AvgIpc) is 3.11. The van der Waals surface area contributed by atoms with Crippen molar-refractivity contribution in [1.29, 1.82) is 0 Å². The maximum Gasteiger partial charge on any atom is 0.258 e. The van der Waals surface area contributed by atoms with Crippen LogP contribution in [0.2, 0.25) is 0 Å². The molecule has 0 saturated heterocycles. The van der Waals surface area contributed by atoms with Gasteiger partial charge in [0.25, 0.3) is 10.0 Å². The number of sulfonamides is 1. The molecule has 0 unspecified atom stereocenters. The Balaban J connectivity index is 1.89. The first-order chi connectivity index (χ1) is 10.9. The fourth-order valence-corrected chi connectivity index (χ4v) is 5.44. The molecule has 1 fully saturated rings. The lowest BCUT2D eigenvalue weighted by atomic mass is 9.77. The zero-order valence-corrected chi connectivity index (χ0v) is 14.8.